The Hall–Kier alpha value is -1.43. The van der Waals surface area contributed by atoms with Crippen molar-refractivity contribution >= 4 is 11.4 Å². The van der Waals surface area contributed by atoms with Gasteiger partial charge in [-0.15, -0.1) is 0 Å². The summed E-state index contributed by atoms with van der Waals surface area (Å²) in [5, 5.41) is 0. The Labute approximate surface area is 117 Å². The number of likely N-dealkylation sites (N-methyl/N-ethyl adjacent to an activating group) is 1. The number of nitrogen functional groups attached to an aromatic ring is 1. The normalized spacial score (nSPS) is 19.9. The number of hydrogen-bond acceptors (Lipinski definition) is 3. The van der Waals surface area contributed by atoms with Crippen LogP contribution in [0.15, 0.2) is 18.2 Å². The molecular weight excluding hydrogens is 267 g/mol. The highest BCUT2D eigenvalue weighted by Crippen LogP contribution is 2.37. The van der Waals surface area contributed by atoms with Crippen LogP contribution in [-0.4, -0.2) is 38.1 Å². The van der Waals surface area contributed by atoms with E-state index < -0.39 is 11.7 Å². The van der Waals surface area contributed by atoms with Gasteiger partial charge in [0.2, 0.25) is 0 Å². The average molecular weight is 287 g/mol. The molecule has 0 saturated carbocycles. The van der Waals surface area contributed by atoms with Crippen LogP contribution in [0.25, 0.3) is 0 Å². The van der Waals surface area contributed by atoms with Gasteiger partial charge in [-0.25, -0.2) is 0 Å². The van der Waals surface area contributed by atoms with Crippen LogP contribution in [0.4, 0.5) is 24.5 Å². The molecule has 0 spiro atoms. The highest BCUT2D eigenvalue weighted by molar-refractivity contribution is 5.60. The van der Waals surface area contributed by atoms with Crippen molar-refractivity contribution in [2.24, 2.45) is 0 Å². The number of anilines is 2. The summed E-state index contributed by atoms with van der Waals surface area (Å²) in [5.41, 5.74) is 5.09. The molecule has 6 heteroatoms. The van der Waals surface area contributed by atoms with E-state index in [-0.39, 0.29) is 11.7 Å². The first-order valence-electron chi connectivity index (χ1n) is 6.67. The Bertz CT molecular complexity index is 471. The van der Waals surface area contributed by atoms with E-state index in [1.807, 2.05) is 14.1 Å². The van der Waals surface area contributed by atoms with Crippen LogP contribution in [0, 0.1) is 0 Å². The van der Waals surface area contributed by atoms with E-state index >= 15 is 0 Å². The molecule has 1 unspecified atom stereocenters. The third-order valence-electron chi connectivity index (χ3n) is 3.63. The minimum Gasteiger partial charge on any atom is -0.398 e. The van der Waals surface area contributed by atoms with Gasteiger partial charge < -0.3 is 15.5 Å². The van der Waals surface area contributed by atoms with Crippen LogP contribution in [0.3, 0.4) is 0 Å². The highest BCUT2D eigenvalue weighted by atomic mass is 19.4. The maximum atomic E-state index is 12.9. The summed E-state index contributed by atoms with van der Waals surface area (Å²) >= 11 is 0. The molecule has 1 atom stereocenters. The summed E-state index contributed by atoms with van der Waals surface area (Å²) in [6, 6.07) is 4.46. The number of nitrogens with zero attached hydrogens (tertiary/aromatic N) is 2. The van der Waals surface area contributed by atoms with E-state index in [1.165, 1.54) is 12.1 Å². The fourth-order valence-corrected chi connectivity index (χ4v) is 2.76. The van der Waals surface area contributed by atoms with Gasteiger partial charge in [0.15, 0.2) is 0 Å². The van der Waals surface area contributed by atoms with E-state index in [0.29, 0.717) is 5.69 Å². The van der Waals surface area contributed by atoms with Gasteiger partial charge in [0, 0.05) is 30.5 Å². The van der Waals surface area contributed by atoms with Crippen LogP contribution in [0.5, 0.6) is 0 Å². The largest absolute Gasteiger partial charge is 0.418 e. The van der Waals surface area contributed by atoms with Crippen molar-refractivity contribution in [2.75, 3.05) is 37.8 Å². The molecule has 1 aliphatic heterocycles. The summed E-state index contributed by atoms with van der Waals surface area (Å²) in [6.45, 7) is 1.63. The van der Waals surface area contributed by atoms with Gasteiger partial charge >= 0.3 is 6.18 Å². The first-order valence-corrected chi connectivity index (χ1v) is 6.67. The molecule has 1 aliphatic rings. The molecule has 1 heterocycles. The van der Waals surface area contributed by atoms with Crippen LogP contribution < -0.4 is 10.6 Å². The second kappa shape index (κ2) is 5.52. The zero-order valence-electron chi connectivity index (χ0n) is 11.7. The lowest BCUT2D eigenvalue weighted by molar-refractivity contribution is -0.136. The highest BCUT2D eigenvalue weighted by Gasteiger charge is 2.34. The number of nitrogens with two attached hydrogens (primary N) is 1. The van der Waals surface area contributed by atoms with Crippen LogP contribution in [0.1, 0.15) is 18.4 Å². The van der Waals surface area contributed by atoms with Crippen LogP contribution in [-0.2, 0) is 6.18 Å². The maximum absolute atomic E-state index is 12.9. The Kier molecular flexibility index (Phi) is 4.13. The van der Waals surface area contributed by atoms with Gasteiger partial charge in [-0.3, -0.25) is 0 Å². The van der Waals surface area contributed by atoms with Crippen molar-refractivity contribution in [3.8, 4) is 0 Å². The molecule has 0 radical (unpaired) electrons. The number of halogens is 3. The van der Waals surface area contributed by atoms with Gasteiger partial charge in [0.1, 0.15) is 0 Å². The van der Waals surface area contributed by atoms with Gasteiger partial charge in [-0.1, -0.05) is 0 Å². The topological polar surface area (TPSA) is 32.5 Å². The van der Waals surface area contributed by atoms with E-state index in [0.717, 1.165) is 25.9 Å². The standard InChI is InChI=1S/C14H20F3N3/c1-19(2)9-11-4-3-7-20(11)10-5-6-13(18)12(8-10)14(15,16)17/h5-6,8,11H,3-4,7,9,18H2,1-2H3. The lowest BCUT2D eigenvalue weighted by atomic mass is 10.1. The van der Waals surface area contributed by atoms with Crippen molar-refractivity contribution < 1.29 is 13.2 Å². The fourth-order valence-electron chi connectivity index (χ4n) is 2.76. The summed E-state index contributed by atoms with van der Waals surface area (Å²) in [7, 11) is 3.95. The Morgan fingerprint density at radius 2 is 2.05 bits per heavy atom. The third kappa shape index (κ3) is 3.17. The molecule has 20 heavy (non-hydrogen) atoms. The lowest BCUT2D eigenvalue weighted by Gasteiger charge is -2.29. The van der Waals surface area contributed by atoms with Gasteiger partial charge in [-0.2, -0.15) is 13.2 Å². The minimum absolute atomic E-state index is 0.218. The second-order valence-corrected chi connectivity index (χ2v) is 5.52. The number of alkyl halides is 3. The lowest BCUT2D eigenvalue weighted by Crippen LogP contribution is -2.37. The van der Waals surface area contributed by atoms with Crippen molar-refractivity contribution in [2.45, 2.75) is 25.1 Å². The van der Waals surface area contributed by atoms with E-state index in [1.54, 1.807) is 6.07 Å². The van der Waals surface area contributed by atoms with E-state index in [9.17, 15) is 13.2 Å². The zero-order chi connectivity index (χ0) is 14.9. The first-order chi connectivity index (χ1) is 9.29. The number of rotatable bonds is 3. The quantitative estimate of drug-likeness (QED) is 0.868. The van der Waals surface area contributed by atoms with Gasteiger partial charge in [0.05, 0.1) is 5.56 Å². The molecule has 0 aliphatic carbocycles. The third-order valence-corrected chi connectivity index (χ3v) is 3.63. The molecule has 2 rings (SSSR count). The first kappa shape index (κ1) is 15.0. The molecular formula is C14H20F3N3. The molecule has 0 amide bonds. The maximum Gasteiger partial charge on any atom is 0.418 e. The van der Waals surface area contributed by atoms with Crippen molar-refractivity contribution in [3.63, 3.8) is 0 Å². The van der Waals surface area contributed by atoms with Crippen molar-refractivity contribution in [3.05, 3.63) is 23.8 Å². The van der Waals surface area contributed by atoms with E-state index in [2.05, 4.69) is 9.80 Å². The molecule has 2 N–H and O–H groups in total. The van der Waals surface area contributed by atoms with Gasteiger partial charge in [0.25, 0.3) is 0 Å². The number of hydrogen-bond donors (Lipinski definition) is 1. The summed E-state index contributed by atoms with van der Waals surface area (Å²) in [6.07, 6.45) is -2.40. The predicted octanol–water partition coefficient (Wildman–Crippen LogP) is 2.82. The molecule has 1 aromatic rings. The predicted molar refractivity (Wildman–Crippen MR) is 74.8 cm³/mol. The Morgan fingerprint density at radius 3 is 2.65 bits per heavy atom. The molecule has 112 valence electrons. The van der Waals surface area contributed by atoms with Crippen LogP contribution >= 0.6 is 0 Å². The molecule has 0 bridgehead atoms. The van der Waals surface area contributed by atoms with Crippen molar-refractivity contribution in [1.29, 1.82) is 0 Å². The van der Waals surface area contributed by atoms with E-state index in [4.69, 9.17) is 5.73 Å². The fraction of sp³-hybridized carbons (Fsp3) is 0.571. The molecule has 1 aromatic carbocycles. The molecule has 0 aromatic heterocycles. The second-order valence-electron chi connectivity index (χ2n) is 5.52. The number of benzene rings is 1. The summed E-state index contributed by atoms with van der Waals surface area (Å²) in [4.78, 5) is 4.11. The Balaban J connectivity index is 2.28. The van der Waals surface area contributed by atoms with Crippen molar-refractivity contribution in [1.82, 2.24) is 4.90 Å². The average Bonchev–Trinajstić information content (AvgIpc) is 2.75. The molecule has 1 fully saturated rings. The summed E-state index contributed by atoms with van der Waals surface area (Å²) < 4.78 is 38.7. The zero-order valence-corrected chi connectivity index (χ0v) is 11.7. The molecule has 3 nitrogen and oxygen atoms in total. The monoisotopic (exact) mass is 287 g/mol. The Morgan fingerprint density at radius 1 is 1.35 bits per heavy atom. The smallest absolute Gasteiger partial charge is 0.398 e. The minimum atomic E-state index is -4.41. The molecule has 1 saturated heterocycles. The summed E-state index contributed by atoms with van der Waals surface area (Å²) in [5.74, 6) is 0. The van der Waals surface area contributed by atoms with Gasteiger partial charge in [-0.05, 0) is 45.1 Å². The van der Waals surface area contributed by atoms with Crippen LogP contribution in [0.2, 0.25) is 0 Å². The SMILES string of the molecule is CN(C)CC1CCCN1c1ccc(N)c(C(F)(F)F)c1.